The van der Waals surface area contributed by atoms with Crippen molar-refractivity contribution in [2.45, 2.75) is 49.2 Å². The SMILES string of the molecule is Nc1nc2c(nnn2[C@@H]2O[C@@H]3CO[P@@](=O)(S)O[C@H]4[C@@H](O)[C@H](n5cnc6c(N)ncnc65)[C@H]5CC54COP(=O)(O)O[C@@H]2[C@@H]3O)c(=O)[nH]1. The van der Waals surface area contributed by atoms with E-state index in [4.69, 9.17) is 34.3 Å². The number of aliphatic hydroxyl groups is 2. The number of fused-ring (bicyclic) bond motifs is 4. The lowest BCUT2D eigenvalue weighted by Gasteiger charge is -2.30. The summed E-state index contributed by atoms with van der Waals surface area (Å²) < 4.78 is 57.6. The van der Waals surface area contributed by atoms with Crippen LogP contribution in [0.4, 0.5) is 11.8 Å². The molecule has 2 aliphatic carbocycles. The van der Waals surface area contributed by atoms with E-state index in [9.17, 15) is 29.0 Å². The maximum absolute atomic E-state index is 13.6. The lowest BCUT2D eigenvalue weighted by molar-refractivity contribution is -0.0641. The topological polar surface area (TPSA) is 313 Å². The van der Waals surface area contributed by atoms with Gasteiger partial charge in [-0.2, -0.15) is 9.67 Å². The van der Waals surface area contributed by atoms with Crippen LogP contribution in [0, 0.1) is 11.3 Å². The van der Waals surface area contributed by atoms with Crippen LogP contribution < -0.4 is 17.0 Å². The number of nitrogens with two attached hydrogens (primary N) is 2. The Morgan fingerprint density at radius 3 is 2.70 bits per heavy atom. The second kappa shape index (κ2) is 10.2. The molecular formula is C21H25N11O11P2S. The molecule has 2 saturated carbocycles. The van der Waals surface area contributed by atoms with Crippen molar-refractivity contribution in [3.05, 3.63) is 23.0 Å². The highest BCUT2D eigenvalue weighted by Crippen LogP contribution is 2.73. The summed E-state index contributed by atoms with van der Waals surface area (Å²) in [6, 6.07) is -0.762. The standard InChI is InChI=1S/C21H25N11O11P2S/c22-15-8-16(25-4-24-15)31(5-26-8)10-6-1-21(6)3-40-44(36,37)42-13-11(33)7(2-39-45(38,46)43-14(21)12(10)34)41-19(13)32-17-9(29-30-32)18(35)28-20(23)27-17/h4-7,10-14,19,33-34H,1-3H2,(H,36,37)(H,38,46)(H2,22,24,25)(H3,23,27,28,35)/t6-,7-,10-,11-,12+,13-,14+,19-,21?,45-/m1/s1. The minimum absolute atomic E-state index is 0.123. The van der Waals surface area contributed by atoms with Crippen LogP contribution in [0.25, 0.3) is 22.3 Å². The molecule has 4 fully saturated rings. The van der Waals surface area contributed by atoms with Gasteiger partial charge in [-0.3, -0.25) is 27.9 Å². The first-order valence-electron chi connectivity index (χ1n) is 13.7. The van der Waals surface area contributed by atoms with Crippen LogP contribution in [0.1, 0.15) is 18.7 Å². The van der Waals surface area contributed by atoms with Gasteiger partial charge in [-0.1, -0.05) is 17.5 Å². The van der Waals surface area contributed by atoms with Crippen molar-refractivity contribution < 1.29 is 47.1 Å². The second-order valence-corrected chi connectivity index (χ2v) is 15.7. The number of aliphatic hydroxyl groups excluding tert-OH is 2. The van der Waals surface area contributed by atoms with Crippen LogP contribution in [-0.4, -0.2) is 103 Å². The number of nitrogen functional groups attached to an aromatic ring is 2. The summed E-state index contributed by atoms with van der Waals surface area (Å²) in [7, 11) is -5.03. The van der Waals surface area contributed by atoms with Gasteiger partial charge in [0.15, 0.2) is 28.9 Å². The van der Waals surface area contributed by atoms with E-state index in [1.165, 1.54) is 12.7 Å². The number of aromatic nitrogens is 9. The Morgan fingerprint density at radius 2 is 1.89 bits per heavy atom. The van der Waals surface area contributed by atoms with Gasteiger partial charge in [0.2, 0.25) is 5.95 Å². The Morgan fingerprint density at radius 1 is 1.09 bits per heavy atom. The molecule has 2 saturated heterocycles. The Labute approximate surface area is 260 Å². The number of aromatic amines is 1. The van der Waals surface area contributed by atoms with Crippen LogP contribution in [0.2, 0.25) is 0 Å². The number of ether oxygens (including phenoxy) is 1. The van der Waals surface area contributed by atoms with Crippen molar-refractivity contribution in [2.24, 2.45) is 11.3 Å². The Kier molecular flexibility index (Phi) is 6.72. The van der Waals surface area contributed by atoms with Crippen molar-refractivity contribution in [3.8, 4) is 0 Å². The lowest BCUT2D eigenvalue weighted by Crippen LogP contribution is -2.37. The fourth-order valence-electron chi connectivity index (χ4n) is 6.68. The van der Waals surface area contributed by atoms with E-state index in [-0.39, 0.29) is 22.9 Å². The van der Waals surface area contributed by atoms with Gasteiger partial charge in [0.1, 0.15) is 42.4 Å². The van der Waals surface area contributed by atoms with E-state index >= 15 is 0 Å². The summed E-state index contributed by atoms with van der Waals surface area (Å²) >= 11 is 4.11. The molecule has 8 N–H and O–H groups in total. The zero-order chi connectivity index (χ0) is 32.3. The van der Waals surface area contributed by atoms with Gasteiger partial charge in [-0.25, -0.2) is 24.1 Å². The Hall–Kier alpha value is -3.08. The van der Waals surface area contributed by atoms with E-state index < -0.39 is 87.5 Å². The molecule has 4 aliphatic rings. The highest BCUT2D eigenvalue weighted by Gasteiger charge is 2.74. The molecule has 2 bridgehead atoms. The molecular weight excluding hydrogens is 676 g/mol. The summed E-state index contributed by atoms with van der Waals surface area (Å²) in [6.07, 6.45) is -5.94. The van der Waals surface area contributed by atoms with Crippen molar-refractivity contribution in [1.29, 1.82) is 0 Å². The maximum atomic E-state index is 13.6. The first-order valence-corrected chi connectivity index (χ1v) is 17.8. The Balaban J connectivity index is 1.14. The summed E-state index contributed by atoms with van der Waals surface area (Å²) in [6.45, 7) is -5.46. The van der Waals surface area contributed by atoms with E-state index in [1.807, 2.05) is 0 Å². The third-order valence-electron chi connectivity index (χ3n) is 8.83. The average molecular weight is 702 g/mol. The van der Waals surface area contributed by atoms with Gasteiger partial charge in [0.25, 0.3) is 5.56 Å². The first-order chi connectivity index (χ1) is 21.8. The van der Waals surface area contributed by atoms with Gasteiger partial charge in [0.05, 0.1) is 25.6 Å². The molecule has 246 valence electrons. The number of nitrogens with one attached hydrogen (secondary N) is 1. The average Bonchev–Trinajstić information content (AvgIpc) is 3.26. The first kappa shape index (κ1) is 30.3. The fourth-order valence-corrected chi connectivity index (χ4v) is 9.20. The monoisotopic (exact) mass is 701 g/mol. The van der Waals surface area contributed by atoms with Gasteiger partial charge in [0, 0.05) is 5.41 Å². The molecule has 46 heavy (non-hydrogen) atoms. The molecule has 4 aromatic heterocycles. The van der Waals surface area contributed by atoms with Crippen molar-refractivity contribution in [3.63, 3.8) is 0 Å². The third kappa shape index (κ3) is 4.61. The van der Waals surface area contributed by atoms with Crippen LogP contribution in [0.5, 0.6) is 0 Å². The molecule has 4 aromatic rings. The largest absolute Gasteiger partial charge is 0.472 e. The minimum atomic E-state index is -5.03. The smallest absolute Gasteiger partial charge is 0.388 e. The summed E-state index contributed by atoms with van der Waals surface area (Å²) in [5.74, 6) is -0.612. The number of anilines is 2. The van der Waals surface area contributed by atoms with E-state index in [1.54, 1.807) is 4.57 Å². The number of phosphoric ester groups is 1. The second-order valence-electron chi connectivity index (χ2n) is 11.4. The predicted molar refractivity (Wildman–Crippen MR) is 154 cm³/mol. The maximum Gasteiger partial charge on any atom is 0.472 e. The van der Waals surface area contributed by atoms with E-state index in [0.29, 0.717) is 17.6 Å². The van der Waals surface area contributed by atoms with Gasteiger partial charge < -0.3 is 35.9 Å². The minimum Gasteiger partial charge on any atom is -0.388 e. The van der Waals surface area contributed by atoms with Crippen LogP contribution in [0.15, 0.2) is 17.4 Å². The number of phosphoric acid groups is 1. The molecule has 0 radical (unpaired) electrons. The molecule has 0 amide bonds. The molecule has 0 aromatic carbocycles. The number of nitrogens with zero attached hydrogens (tertiary/aromatic N) is 8. The van der Waals surface area contributed by atoms with Crippen molar-refractivity contribution in [2.75, 3.05) is 24.7 Å². The summed E-state index contributed by atoms with van der Waals surface area (Å²) in [5.41, 5.74) is 9.93. The predicted octanol–water partition coefficient (Wildman–Crippen LogP) is -1.35. The molecule has 8 rings (SSSR count). The van der Waals surface area contributed by atoms with Gasteiger partial charge in [-0.05, 0) is 12.3 Å². The number of imidazole rings is 1. The zero-order valence-electron chi connectivity index (χ0n) is 23.1. The van der Waals surface area contributed by atoms with Crippen molar-refractivity contribution >= 4 is 61.0 Å². The van der Waals surface area contributed by atoms with Crippen LogP contribution >= 0.6 is 26.9 Å². The highest BCUT2D eigenvalue weighted by molar-refractivity contribution is 8.44. The molecule has 2 unspecified atom stereocenters. The highest BCUT2D eigenvalue weighted by atomic mass is 32.7. The number of hydrogen-bond acceptors (Lipinski definition) is 18. The third-order valence-corrected chi connectivity index (χ3v) is 11.4. The lowest BCUT2D eigenvalue weighted by atomic mass is 10.0. The quantitative estimate of drug-likeness (QED) is 0.0938. The van der Waals surface area contributed by atoms with Crippen LogP contribution in [-0.2, 0) is 32.0 Å². The summed E-state index contributed by atoms with van der Waals surface area (Å²) in [4.78, 5) is 41.9. The molecule has 11 atom stereocenters. The molecule has 6 heterocycles. The van der Waals surface area contributed by atoms with Gasteiger partial charge in [-0.15, -0.1) is 5.10 Å². The molecule has 22 nitrogen and oxygen atoms in total. The Bertz CT molecular complexity index is 2050. The van der Waals surface area contributed by atoms with E-state index in [0.717, 1.165) is 4.68 Å². The number of rotatable bonds is 2. The fraction of sp³-hybridized carbons (Fsp3) is 0.571. The summed E-state index contributed by atoms with van der Waals surface area (Å²) in [5, 5.41) is 30.2. The number of hydrogen-bond donors (Lipinski definition) is 7. The van der Waals surface area contributed by atoms with Gasteiger partial charge >= 0.3 is 14.6 Å². The molecule has 2 aliphatic heterocycles. The number of H-pyrrole nitrogens is 1. The number of thiol groups is 1. The normalized spacial score (nSPS) is 41.0. The zero-order valence-corrected chi connectivity index (χ0v) is 25.8. The van der Waals surface area contributed by atoms with Crippen molar-refractivity contribution in [1.82, 2.24) is 44.5 Å². The molecule has 1 spiro atoms. The van der Waals surface area contributed by atoms with E-state index in [2.05, 4.69) is 47.5 Å². The molecule has 25 heteroatoms. The van der Waals surface area contributed by atoms with Crippen LogP contribution in [0.3, 0.4) is 0 Å².